The Balaban J connectivity index is 1.69. The fourth-order valence-electron chi connectivity index (χ4n) is 2.65. The second-order valence-corrected chi connectivity index (χ2v) is 6.97. The highest BCUT2D eigenvalue weighted by Gasteiger charge is 2.20. The van der Waals surface area contributed by atoms with E-state index in [1.807, 2.05) is 37.2 Å². The molecule has 1 aliphatic heterocycles. The van der Waals surface area contributed by atoms with Gasteiger partial charge in [-0.3, -0.25) is 9.59 Å². The topological polar surface area (TPSA) is 67.9 Å². The van der Waals surface area contributed by atoms with Gasteiger partial charge in [-0.05, 0) is 44.8 Å². The third-order valence-corrected chi connectivity index (χ3v) is 5.10. The van der Waals surface area contributed by atoms with Crippen LogP contribution in [0, 0.1) is 0 Å². The third-order valence-electron chi connectivity index (χ3n) is 4.07. The number of rotatable bonds is 6. The van der Waals surface area contributed by atoms with Gasteiger partial charge in [0.2, 0.25) is 6.79 Å². The van der Waals surface area contributed by atoms with Crippen LogP contribution in [0.1, 0.15) is 38.6 Å². The van der Waals surface area contributed by atoms with Gasteiger partial charge in [0.1, 0.15) is 0 Å². The number of nitrogens with one attached hydrogen (secondary N) is 1. The Kier molecular flexibility index (Phi) is 5.06. The lowest BCUT2D eigenvalue weighted by Gasteiger charge is -2.25. The summed E-state index contributed by atoms with van der Waals surface area (Å²) >= 11 is 1.29. The van der Waals surface area contributed by atoms with E-state index in [1.54, 1.807) is 11.4 Å². The molecular formula is C18H20N2O4S. The molecule has 0 saturated carbocycles. The molecule has 0 saturated heterocycles. The first-order chi connectivity index (χ1) is 12.0. The number of fused-ring (bicyclic) bond motifs is 1. The maximum Gasteiger partial charge on any atom is 0.252 e. The summed E-state index contributed by atoms with van der Waals surface area (Å²) in [6.45, 7) is 2.17. The summed E-state index contributed by atoms with van der Waals surface area (Å²) in [5.74, 6) is 1.24. The smallest absolute Gasteiger partial charge is 0.252 e. The van der Waals surface area contributed by atoms with Gasteiger partial charge in [0, 0.05) is 11.9 Å². The van der Waals surface area contributed by atoms with Gasteiger partial charge < -0.3 is 19.7 Å². The number of Topliss-reactive ketones (excluding diaryl/α,β-unsaturated/α-hetero) is 1. The molecule has 132 valence electrons. The summed E-state index contributed by atoms with van der Waals surface area (Å²) in [5.41, 5.74) is 1.54. The number of carbonyl (C=O) groups is 2. The predicted molar refractivity (Wildman–Crippen MR) is 95.6 cm³/mol. The van der Waals surface area contributed by atoms with Crippen molar-refractivity contribution in [3.63, 3.8) is 0 Å². The van der Waals surface area contributed by atoms with E-state index in [0.29, 0.717) is 17.0 Å². The number of carbonyl (C=O) groups excluding carboxylic acids is 2. The SMILES string of the molecule is CC(=O)c1cc(C(=O)NC[C@@H](c2ccc3c(c2)OCO3)N(C)C)cs1. The number of thiophene rings is 1. The van der Waals surface area contributed by atoms with Crippen LogP contribution in [0.3, 0.4) is 0 Å². The molecular weight excluding hydrogens is 340 g/mol. The molecule has 3 rings (SSSR count). The van der Waals surface area contributed by atoms with E-state index in [-0.39, 0.29) is 24.5 Å². The van der Waals surface area contributed by atoms with Crippen LogP contribution in [0.25, 0.3) is 0 Å². The van der Waals surface area contributed by atoms with Gasteiger partial charge in [-0.15, -0.1) is 11.3 Å². The largest absolute Gasteiger partial charge is 0.454 e. The lowest BCUT2D eigenvalue weighted by atomic mass is 10.0. The number of ketones is 1. The molecule has 2 aromatic rings. The second kappa shape index (κ2) is 7.25. The number of ether oxygens (including phenoxy) is 2. The molecule has 7 heteroatoms. The van der Waals surface area contributed by atoms with Crippen LogP contribution in [0.5, 0.6) is 11.5 Å². The van der Waals surface area contributed by atoms with Crippen molar-refractivity contribution in [2.45, 2.75) is 13.0 Å². The molecule has 1 atom stereocenters. The number of hydrogen-bond acceptors (Lipinski definition) is 6. The third kappa shape index (κ3) is 3.83. The van der Waals surface area contributed by atoms with Gasteiger partial charge in [0.05, 0.1) is 16.5 Å². The number of hydrogen-bond donors (Lipinski definition) is 1. The normalized spacial score (nSPS) is 13.8. The van der Waals surface area contributed by atoms with Gasteiger partial charge in [-0.2, -0.15) is 0 Å². The second-order valence-electron chi connectivity index (χ2n) is 6.06. The van der Waals surface area contributed by atoms with Crippen LogP contribution in [0.2, 0.25) is 0 Å². The predicted octanol–water partition coefficient (Wildman–Crippen LogP) is 2.71. The highest BCUT2D eigenvalue weighted by molar-refractivity contribution is 7.12. The molecule has 1 aromatic heterocycles. The Labute approximate surface area is 150 Å². The van der Waals surface area contributed by atoms with Crippen LogP contribution in [0.15, 0.2) is 29.6 Å². The number of likely N-dealkylation sites (N-methyl/N-ethyl adjacent to an activating group) is 1. The van der Waals surface area contributed by atoms with Crippen LogP contribution in [-0.2, 0) is 0 Å². The fraction of sp³-hybridized carbons (Fsp3) is 0.333. The summed E-state index contributed by atoms with van der Waals surface area (Å²) in [6, 6.07) is 7.42. The van der Waals surface area contributed by atoms with Crippen molar-refractivity contribution in [2.75, 3.05) is 27.4 Å². The molecule has 1 aromatic carbocycles. The minimum Gasteiger partial charge on any atom is -0.454 e. The van der Waals surface area contributed by atoms with Crippen molar-refractivity contribution in [3.8, 4) is 11.5 Å². The van der Waals surface area contributed by atoms with E-state index in [2.05, 4.69) is 5.32 Å². The monoisotopic (exact) mass is 360 g/mol. The Morgan fingerprint density at radius 2 is 2.00 bits per heavy atom. The van der Waals surface area contributed by atoms with Crippen molar-refractivity contribution >= 4 is 23.0 Å². The van der Waals surface area contributed by atoms with Gasteiger partial charge >= 0.3 is 0 Å². The van der Waals surface area contributed by atoms with Crippen LogP contribution >= 0.6 is 11.3 Å². The molecule has 1 N–H and O–H groups in total. The Hall–Kier alpha value is -2.38. The molecule has 0 fully saturated rings. The molecule has 0 spiro atoms. The van der Waals surface area contributed by atoms with Crippen LogP contribution in [-0.4, -0.2) is 44.0 Å². The minimum atomic E-state index is -0.184. The maximum absolute atomic E-state index is 12.3. The standard InChI is InChI=1S/C18H20N2O4S/c1-11(21)17-7-13(9-25-17)18(22)19-8-14(20(2)3)12-4-5-15-16(6-12)24-10-23-15/h4-7,9,14H,8,10H2,1-3H3,(H,19,22)/t14-/m0/s1. The molecule has 0 bridgehead atoms. The average molecular weight is 360 g/mol. The molecule has 25 heavy (non-hydrogen) atoms. The highest BCUT2D eigenvalue weighted by atomic mass is 32.1. The molecule has 0 unspecified atom stereocenters. The van der Waals surface area contributed by atoms with Gasteiger partial charge in [0.25, 0.3) is 5.91 Å². The number of amides is 1. The van der Waals surface area contributed by atoms with Crippen molar-refractivity contribution in [3.05, 3.63) is 45.6 Å². The first-order valence-corrected chi connectivity index (χ1v) is 8.77. The minimum absolute atomic E-state index is 0.00985. The zero-order valence-electron chi connectivity index (χ0n) is 14.4. The van der Waals surface area contributed by atoms with Crippen LogP contribution < -0.4 is 14.8 Å². The van der Waals surface area contributed by atoms with E-state index in [4.69, 9.17) is 9.47 Å². The molecule has 6 nitrogen and oxygen atoms in total. The van der Waals surface area contributed by atoms with E-state index in [1.165, 1.54) is 18.3 Å². The quantitative estimate of drug-likeness (QED) is 0.802. The van der Waals surface area contributed by atoms with Crippen molar-refractivity contribution in [2.24, 2.45) is 0 Å². The summed E-state index contributed by atoms with van der Waals surface area (Å²) in [7, 11) is 3.92. The number of nitrogens with zero attached hydrogens (tertiary/aromatic N) is 1. The first kappa shape index (κ1) is 17.4. The first-order valence-electron chi connectivity index (χ1n) is 7.89. The Bertz CT molecular complexity index is 800. The fourth-order valence-corrected chi connectivity index (χ4v) is 3.44. The van der Waals surface area contributed by atoms with E-state index < -0.39 is 0 Å². The summed E-state index contributed by atoms with van der Waals surface area (Å²) in [5, 5.41) is 4.65. The Morgan fingerprint density at radius 3 is 2.68 bits per heavy atom. The number of benzene rings is 1. The summed E-state index contributed by atoms with van der Waals surface area (Å²) in [6.07, 6.45) is 0. The average Bonchev–Trinajstić information content (AvgIpc) is 3.23. The van der Waals surface area contributed by atoms with Gasteiger partial charge in [-0.1, -0.05) is 6.07 Å². The molecule has 1 aliphatic rings. The summed E-state index contributed by atoms with van der Waals surface area (Å²) < 4.78 is 10.8. The van der Waals surface area contributed by atoms with E-state index >= 15 is 0 Å². The van der Waals surface area contributed by atoms with Crippen molar-refractivity contribution < 1.29 is 19.1 Å². The zero-order valence-corrected chi connectivity index (χ0v) is 15.2. The molecule has 0 aliphatic carbocycles. The molecule has 1 amide bonds. The van der Waals surface area contributed by atoms with Crippen molar-refractivity contribution in [1.29, 1.82) is 0 Å². The van der Waals surface area contributed by atoms with E-state index in [0.717, 1.165) is 17.1 Å². The molecule has 2 heterocycles. The highest BCUT2D eigenvalue weighted by Crippen LogP contribution is 2.35. The lowest BCUT2D eigenvalue weighted by molar-refractivity contribution is 0.0942. The van der Waals surface area contributed by atoms with Gasteiger partial charge in [-0.25, -0.2) is 0 Å². The van der Waals surface area contributed by atoms with Crippen molar-refractivity contribution in [1.82, 2.24) is 10.2 Å². The Morgan fingerprint density at radius 1 is 1.24 bits per heavy atom. The lowest BCUT2D eigenvalue weighted by Crippen LogP contribution is -2.34. The van der Waals surface area contributed by atoms with Gasteiger partial charge in [0.15, 0.2) is 17.3 Å². The molecule has 0 radical (unpaired) electrons. The van der Waals surface area contributed by atoms with Crippen LogP contribution in [0.4, 0.5) is 0 Å². The maximum atomic E-state index is 12.3. The summed E-state index contributed by atoms with van der Waals surface area (Å²) in [4.78, 5) is 26.3. The van der Waals surface area contributed by atoms with E-state index in [9.17, 15) is 9.59 Å². The zero-order chi connectivity index (χ0) is 18.0.